The van der Waals surface area contributed by atoms with Gasteiger partial charge in [0.15, 0.2) is 10.6 Å². The smallest absolute Gasteiger partial charge is 0.297 e. The van der Waals surface area contributed by atoms with Gasteiger partial charge in [-0.3, -0.25) is 14.5 Å². The molecule has 0 N–H and O–H groups in total. The van der Waals surface area contributed by atoms with Crippen molar-refractivity contribution in [2.24, 2.45) is 0 Å². The predicted molar refractivity (Wildman–Crippen MR) is 121 cm³/mol. The normalized spacial score (nSPS) is 15.6. The highest BCUT2D eigenvalue weighted by Crippen LogP contribution is 2.44. The van der Waals surface area contributed by atoms with Crippen LogP contribution < -0.4 is 15.1 Å². The van der Waals surface area contributed by atoms with Crippen LogP contribution in [0.15, 0.2) is 74.5 Å². The summed E-state index contributed by atoms with van der Waals surface area (Å²) in [5.74, 6) is 0.795. The quantitative estimate of drug-likeness (QED) is 0.381. The molecule has 1 aliphatic heterocycles. The number of carbonyl (C=O) groups is 1. The van der Waals surface area contributed by atoms with E-state index in [0.29, 0.717) is 28.5 Å². The van der Waals surface area contributed by atoms with Gasteiger partial charge in [0, 0.05) is 0 Å². The average Bonchev–Trinajstić information content (AvgIpc) is 3.52. The van der Waals surface area contributed by atoms with E-state index >= 15 is 0 Å². The summed E-state index contributed by atoms with van der Waals surface area (Å²) in [4.78, 5) is 33.1. The van der Waals surface area contributed by atoms with Crippen LogP contribution in [0.1, 0.15) is 34.8 Å². The Labute approximate surface area is 185 Å². The van der Waals surface area contributed by atoms with Gasteiger partial charge in [-0.2, -0.15) is 0 Å². The molecule has 0 saturated carbocycles. The number of benzene rings is 2. The van der Waals surface area contributed by atoms with Gasteiger partial charge in [0.05, 0.1) is 34.0 Å². The van der Waals surface area contributed by atoms with Crippen molar-refractivity contribution in [1.82, 2.24) is 4.98 Å². The molecule has 32 heavy (non-hydrogen) atoms. The number of aromatic nitrogens is 1. The van der Waals surface area contributed by atoms with Crippen molar-refractivity contribution < 1.29 is 18.4 Å². The standard InChI is InChI=1S/C24H16N2O5S/c1-2-29-13-9-10-15-18(12-13)32-24(25-15)26-20(17-8-5-11-30-17)19-21(27)14-6-3-4-7-16(14)31-22(19)23(26)28/h3-12,20H,2H2,1H3/t20-/m0/s1. The van der Waals surface area contributed by atoms with Crippen LogP contribution in [0.3, 0.4) is 0 Å². The highest BCUT2D eigenvalue weighted by molar-refractivity contribution is 7.22. The van der Waals surface area contributed by atoms with E-state index < -0.39 is 11.9 Å². The number of para-hydroxylation sites is 1. The predicted octanol–water partition coefficient (Wildman–Crippen LogP) is 5.14. The third-order valence-electron chi connectivity index (χ3n) is 5.46. The molecule has 0 fully saturated rings. The van der Waals surface area contributed by atoms with Crippen molar-refractivity contribution >= 4 is 43.6 Å². The molecule has 1 amide bonds. The molecule has 8 heteroatoms. The lowest BCUT2D eigenvalue weighted by Crippen LogP contribution is -2.29. The summed E-state index contributed by atoms with van der Waals surface area (Å²) in [5.41, 5.74) is 1.12. The fraction of sp³-hybridized carbons (Fsp3) is 0.125. The van der Waals surface area contributed by atoms with E-state index in [2.05, 4.69) is 4.98 Å². The Balaban J connectivity index is 1.58. The van der Waals surface area contributed by atoms with E-state index in [1.165, 1.54) is 22.5 Å². The maximum atomic E-state index is 13.5. The van der Waals surface area contributed by atoms with Crippen molar-refractivity contribution in [3.05, 3.63) is 88.2 Å². The fourth-order valence-corrected chi connectivity index (χ4v) is 5.11. The molecule has 0 unspecified atom stereocenters. The van der Waals surface area contributed by atoms with Crippen molar-refractivity contribution in [1.29, 1.82) is 0 Å². The van der Waals surface area contributed by atoms with Crippen LogP contribution >= 0.6 is 11.3 Å². The summed E-state index contributed by atoms with van der Waals surface area (Å²) in [6, 6.07) is 15.2. The van der Waals surface area contributed by atoms with Gasteiger partial charge in [0.1, 0.15) is 23.1 Å². The Morgan fingerprint density at radius 2 is 2.00 bits per heavy atom. The number of ether oxygens (including phenoxy) is 1. The first-order valence-corrected chi connectivity index (χ1v) is 10.9. The Hall–Kier alpha value is -3.91. The number of carbonyl (C=O) groups excluding carboxylic acids is 1. The van der Waals surface area contributed by atoms with Crippen molar-refractivity contribution in [3.63, 3.8) is 0 Å². The highest BCUT2D eigenvalue weighted by Gasteiger charge is 2.46. The number of furan rings is 1. The van der Waals surface area contributed by atoms with E-state index in [9.17, 15) is 9.59 Å². The van der Waals surface area contributed by atoms with Gasteiger partial charge in [-0.1, -0.05) is 23.5 Å². The van der Waals surface area contributed by atoms with E-state index in [4.69, 9.17) is 13.6 Å². The number of thiazole rings is 1. The minimum absolute atomic E-state index is 0.0179. The second-order valence-electron chi connectivity index (χ2n) is 7.32. The molecule has 0 saturated heterocycles. The zero-order chi connectivity index (χ0) is 21.8. The monoisotopic (exact) mass is 444 g/mol. The lowest BCUT2D eigenvalue weighted by atomic mass is 10.0. The summed E-state index contributed by atoms with van der Waals surface area (Å²) in [6.45, 7) is 2.48. The third kappa shape index (κ3) is 2.69. The van der Waals surface area contributed by atoms with Gasteiger partial charge in [0.25, 0.3) is 5.91 Å². The number of fused-ring (bicyclic) bond motifs is 3. The summed E-state index contributed by atoms with van der Waals surface area (Å²) < 4.78 is 18.0. The van der Waals surface area contributed by atoms with Crippen molar-refractivity contribution in [2.75, 3.05) is 11.5 Å². The van der Waals surface area contributed by atoms with E-state index in [1.54, 1.807) is 36.4 Å². The molecule has 4 heterocycles. The number of hydrogen-bond donors (Lipinski definition) is 0. The fourth-order valence-electron chi connectivity index (χ4n) is 4.09. The lowest BCUT2D eigenvalue weighted by Gasteiger charge is -2.19. The Morgan fingerprint density at radius 3 is 2.81 bits per heavy atom. The zero-order valence-corrected chi connectivity index (χ0v) is 17.7. The molecule has 0 radical (unpaired) electrons. The third-order valence-corrected chi connectivity index (χ3v) is 6.47. The van der Waals surface area contributed by atoms with Gasteiger partial charge in [0.2, 0.25) is 5.76 Å². The van der Waals surface area contributed by atoms with Gasteiger partial charge in [-0.25, -0.2) is 4.98 Å². The Morgan fingerprint density at radius 1 is 1.12 bits per heavy atom. The molecule has 1 atom stereocenters. The van der Waals surface area contributed by atoms with Crippen LogP contribution in [-0.2, 0) is 0 Å². The van der Waals surface area contributed by atoms with Crippen molar-refractivity contribution in [3.8, 4) is 5.75 Å². The second-order valence-corrected chi connectivity index (χ2v) is 8.33. The molecule has 3 aromatic heterocycles. The Kier molecular flexibility index (Phi) is 4.16. The molecule has 0 spiro atoms. The van der Waals surface area contributed by atoms with E-state index in [1.807, 2.05) is 25.1 Å². The Bertz CT molecular complexity index is 1550. The molecule has 2 aromatic carbocycles. The first-order valence-electron chi connectivity index (χ1n) is 10.1. The highest BCUT2D eigenvalue weighted by atomic mass is 32.1. The minimum atomic E-state index is -0.764. The maximum absolute atomic E-state index is 13.5. The molecule has 1 aliphatic rings. The van der Waals surface area contributed by atoms with Crippen LogP contribution in [0.5, 0.6) is 5.75 Å². The van der Waals surface area contributed by atoms with Gasteiger partial charge >= 0.3 is 0 Å². The van der Waals surface area contributed by atoms with Crippen LogP contribution in [0.4, 0.5) is 5.13 Å². The number of nitrogens with zero attached hydrogens (tertiary/aromatic N) is 2. The van der Waals surface area contributed by atoms with Crippen LogP contribution in [0.2, 0.25) is 0 Å². The molecule has 0 aliphatic carbocycles. The molecule has 0 bridgehead atoms. The zero-order valence-electron chi connectivity index (χ0n) is 16.9. The molecule has 158 valence electrons. The van der Waals surface area contributed by atoms with E-state index in [0.717, 1.165) is 16.0 Å². The summed E-state index contributed by atoms with van der Waals surface area (Å²) in [6.07, 6.45) is 1.52. The summed E-state index contributed by atoms with van der Waals surface area (Å²) >= 11 is 1.35. The molecular weight excluding hydrogens is 428 g/mol. The summed E-state index contributed by atoms with van der Waals surface area (Å²) in [5, 5.41) is 0.873. The van der Waals surface area contributed by atoms with Crippen LogP contribution in [0.25, 0.3) is 21.2 Å². The van der Waals surface area contributed by atoms with Crippen molar-refractivity contribution in [2.45, 2.75) is 13.0 Å². The van der Waals surface area contributed by atoms with Gasteiger partial charge < -0.3 is 13.6 Å². The maximum Gasteiger partial charge on any atom is 0.297 e. The number of anilines is 1. The SMILES string of the molecule is CCOc1ccc2nc(N3C(=O)c4oc5ccccc5c(=O)c4[C@@H]3c3ccco3)sc2c1. The topological polar surface area (TPSA) is 85.8 Å². The lowest BCUT2D eigenvalue weighted by molar-refractivity contribution is 0.0969. The molecule has 7 nitrogen and oxygen atoms in total. The van der Waals surface area contributed by atoms with E-state index in [-0.39, 0.29) is 16.8 Å². The van der Waals surface area contributed by atoms with Crippen LogP contribution in [0, 0.1) is 0 Å². The van der Waals surface area contributed by atoms with Gasteiger partial charge in [-0.15, -0.1) is 0 Å². The second kappa shape index (κ2) is 7.06. The first-order chi connectivity index (χ1) is 15.7. The average molecular weight is 444 g/mol. The van der Waals surface area contributed by atoms with Crippen LogP contribution in [-0.4, -0.2) is 17.5 Å². The summed E-state index contributed by atoms with van der Waals surface area (Å²) in [7, 11) is 0. The minimum Gasteiger partial charge on any atom is -0.494 e. The molecule has 6 rings (SSSR count). The number of hydrogen-bond acceptors (Lipinski definition) is 7. The number of amides is 1. The van der Waals surface area contributed by atoms with Gasteiger partial charge in [-0.05, 0) is 49.4 Å². The molecule has 5 aromatic rings. The first kappa shape index (κ1) is 18.8. The largest absolute Gasteiger partial charge is 0.494 e. The number of rotatable bonds is 4. The molecular formula is C24H16N2O5S.